The highest BCUT2D eigenvalue weighted by Gasteiger charge is 2.23. The largest absolute Gasteiger partial charge is 0.497 e. The SMILES string of the molecule is CCCC(OCC)C(NCC)c1ccc(OC)cc1C. The van der Waals surface area contributed by atoms with Gasteiger partial charge in [0.1, 0.15) is 5.75 Å². The van der Waals surface area contributed by atoms with Crippen molar-refractivity contribution in [2.24, 2.45) is 0 Å². The fourth-order valence-corrected chi connectivity index (χ4v) is 2.63. The molecule has 3 nitrogen and oxygen atoms in total. The van der Waals surface area contributed by atoms with Gasteiger partial charge in [0, 0.05) is 6.61 Å². The summed E-state index contributed by atoms with van der Waals surface area (Å²) in [7, 11) is 1.70. The zero-order chi connectivity index (χ0) is 15.0. The zero-order valence-corrected chi connectivity index (χ0v) is 13.5. The number of hydrogen-bond donors (Lipinski definition) is 1. The third kappa shape index (κ3) is 4.50. The van der Waals surface area contributed by atoms with Crippen LogP contribution >= 0.6 is 0 Å². The first-order valence-electron chi connectivity index (χ1n) is 7.67. The lowest BCUT2D eigenvalue weighted by atomic mass is 9.94. The van der Waals surface area contributed by atoms with Crippen molar-refractivity contribution in [3.05, 3.63) is 29.3 Å². The molecule has 0 aliphatic rings. The topological polar surface area (TPSA) is 30.5 Å². The Hall–Kier alpha value is -1.06. The summed E-state index contributed by atoms with van der Waals surface area (Å²) < 4.78 is 11.3. The number of ether oxygens (including phenoxy) is 2. The number of likely N-dealkylation sites (N-methyl/N-ethyl adjacent to an activating group) is 1. The molecular weight excluding hydrogens is 250 g/mol. The average Bonchev–Trinajstić information content (AvgIpc) is 2.45. The summed E-state index contributed by atoms with van der Waals surface area (Å²) in [4.78, 5) is 0. The molecule has 0 aromatic heterocycles. The van der Waals surface area contributed by atoms with Crippen molar-refractivity contribution in [1.29, 1.82) is 0 Å². The lowest BCUT2D eigenvalue weighted by molar-refractivity contribution is 0.0278. The van der Waals surface area contributed by atoms with Gasteiger partial charge >= 0.3 is 0 Å². The molecule has 0 spiro atoms. The molecule has 3 heteroatoms. The lowest BCUT2D eigenvalue weighted by Gasteiger charge is -2.29. The fourth-order valence-electron chi connectivity index (χ4n) is 2.63. The van der Waals surface area contributed by atoms with E-state index < -0.39 is 0 Å². The van der Waals surface area contributed by atoms with Crippen LogP contribution in [0.25, 0.3) is 0 Å². The van der Waals surface area contributed by atoms with Gasteiger partial charge in [-0.25, -0.2) is 0 Å². The van der Waals surface area contributed by atoms with Crippen molar-refractivity contribution >= 4 is 0 Å². The van der Waals surface area contributed by atoms with Gasteiger partial charge in [-0.2, -0.15) is 0 Å². The standard InChI is InChI=1S/C17H29NO2/c1-6-9-16(20-8-3)17(18-7-2)15-11-10-14(19-5)12-13(15)4/h10-12,16-18H,6-9H2,1-5H3. The number of rotatable bonds is 9. The van der Waals surface area contributed by atoms with Gasteiger partial charge in [0.25, 0.3) is 0 Å². The molecule has 1 N–H and O–H groups in total. The molecule has 0 heterocycles. The van der Waals surface area contributed by atoms with Crippen molar-refractivity contribution in [1.82, 2.24) is 5.32 Å². The normalized spacial score (nSPS) is 14.1. The highest BCUT2D eigenvalue weighted by molar-refractivity contribution is 5.37. The Labute approximate surface area is 123 Å². The van der Waals surface area contributed by atoms with Crippen LogP contribution in [-0.2, 0) is 4.74 Å². The van der Waals surface area contributed by atoms with E-state index >= 15 is 0 Å². The molecule has 2 unspecified atom stereocenters. The Bertz CT molecular complexity index is 387. The molecule has 20 heavy (non-hydrogen) atoms. The second-order valence-corrected chi connectivity index (χ2v) is 5.04. The van der Waals surface area contributed by atoms with Crippen molar-refractivity contribution in [2.45, 2.75) is 52.7 Å². The van der Waals surface area contributed by atoms with E-state index in [2.05, 4.69) is 45.1 Å². The van der Waals surface area contributed by atoms with Crippen LogP contribution in [0, 0.1) is 6.92 Å². The van der Waals surface area contributed by atoms with Crippen LogP contribution in [0.2, 0.25) is 0 Å². The summed E-state index contributed by atoms with van der Waals surface area (Å²) in [5.41, 5.74) is 2.55. The van der Waals surface area contributed by atoms with Gasteiger partial charge in [-0.1, -0.05) is 26.3 Å². The minimum atomic E-state index is 0.219. The van der Waals surface area contributed by atoms with E-state index in [-0.39, 0.29) is 12.1 Å². The van der Waals surface area contributed by atoms with Crippen molar-refractivity contribution < 1.29 is 9.47 Å². The van der Waals surface area contributed by atoms with Gasteiger partial charge in [0.15, 0.2) is 0 Å². The van der Waals surface area contributed by atoms with Gasteiger partial charge in [-0.3, -0.25) is 0 Å². The summed E-state index contributed by atoms with van der Waals surface area (Å²) in [6.07, 6.45) is 2.41. The van der Waals surface area contributed by atoms with Gasteiger partial charge in [0.2, 0.25) is 0 Å². The maximum absolute atomic E-state index is 5.97. The Morgan fingerprint density at radius 2 is 1.95 bits per heavy atom. The van der Waals surface area contributed by atoms with E-state index in [0.29, 0.717) is 0 Å². The predicted molar refractivity (Wildman–Crippen MR) is 84.5 cm³/mol. The molecule has 0 saturated carbocycles. The molecule has 2 atom stereocenters. The van der Waals surface area contributed by atoms with Crippen LogP contribution in [0.15, 0.2) is 18.2 Å². The van der Waals surface area contributed by atoms with Gasteiger partial charge < -0.3 is 14.8 Å². The molecule has 1 aromatic carbocycles. The molecule has 0 saturated heterocycles. The molecule has 0 radical (unpaired) electrons. The fraction of sp³-hybridized carbons (Fsp3) is 0.647. The highest BCUT2D eigenvalue weighted by Crippen LogP contribution is 2.28. The monoisotopic (exact) mass is 279 g/mol. The van der Waals surface area contributed by atoms with Crippen LogP contribution in [0.5, 0.6) is 5.75 Å². The number of hydrogen-bond acceptors (Lipinski definition) is 3. The summed E-state index contributed by atoms with van der Waals surface area (Å²) >= 11 is 0. The highest BCUT2D eigenvalue weighted by atomic mass is 16.5. The molecule has 1 aromatic rings. The third-order valence-electron chi connectivity index (χ3n) is 3.56. The molecular formula is C17H29NO2. The van der Waals surface area contributed by atoms with Crippen LogP contribution < -0.4 is 10.1 Å². The van der Waals surface area contributed by atoms with E-state index in [1.54, 1.807) is 7.11 Å². The second kappa shape index (κ2) is 8.98. The minimum absolute atomic E-state index is 0.219. The van der Waals surface area contributed by atoms with Gasteiger partial charge in [0.05, 0.1) is 19.3 Å². The summed E-state index contributed by atoms with van der Waals surface area (Å²) in [6.45, 7) is 10.2. The average molecular weight is 279 g/mol. The molecule has 0 aliphatic heterocycles. The van der Waals surface area contributed by atoms with Crippen molar-refractivity contribution in [3.63, 3.8) is 0 Å². The molecule has 0 amide bonds. The van der Waals surface area contributed by atoms with Crippen LogP contribution in [0.1, 0.15) is 50.8 Å². The first kappa shape index (κ1) is 17.0. The van der Waals surface area contributed by atoms with Crippen molar-refractivity contribution in [3.8, 4) is 5.75 Å². The Kier molecular flexibility index (Phi) is 7.63. The number of aryl methyl sites for hydroxylation is 1. The van der Waals surface area contributed by atoms with Gasteiger partial charge in [-0.15, -0.1) is 0 Å². The van der Waals surface area contributed by atoms with Crippen molar-refractivity contribution in [2.75, 3.05) is 20.3 Å². The second-order valence-electron chi connectivity index (χ2n) is 5.04. The predicted octanol–water partition coefficient (Wildman–Crippen LogP) is 3.86. The maximum Gasteiger partial charge on any atom is 0.119 e. The molecule has 0 fully saturated rings. The van der Waals surface area contributed by atoms with Crippen LogP contribution in [0.3, 0.4) is 0 Å². The summed E-state index contributed by atoms with van der Waals surface area (Å²) in [5, 5.41) is 3.58. The molecule has 0 aliphatic carbocycles. The smallest absolute Gasteiger partial charge is 0.119 e. The van der Waals surface area contributed by atoms with E-state index in [0.717, 1.165) is 31.7 Å². The number of nitrogens with one attached hydrogen (secondary N) is 1. The lowest BCUT2D eigenvalue weighted by Crippen LogP contribution is -2.34. The summed E-state index contributed by atoms with van der Waals surface area (Å²) in [5.74, 6) is 0.907. The van der Waals surface area contributed by atoms with Gasteiger partial charge in [-0.05, 0) is 50.1 Å². The quantitative estimate of drug-likeness (QED) is 0.744. The third-order valence-corrected chi connectivity index (χ3v) is 3.56. The first-order chi connectivity index (χ1) is 9.67. The van der Waals surface area contributed by atoms with Crippen LogP contribution in [-0.4, -0.2) is 26.4 Å². The molecule has 114 valence electrons. The number of benzene rings is 1. The summed E-state index contributed by atoms with van der Waals surface area (Å²) in [6, 6.07) is 6.52. The Balaban J connectivity index is 3.04. The molecule has 0 bridgehead atoms. The van der Waals surface area contributed by atoms with E-state index in [1.807, 2.05) is 6.07 Å². The minimum Gasteiger partial charge on any atom is -0.497 e. The van der Waals surface area contributed by atoms with E-state index in [1.165, 1.54) is 11.1 Å². The number of methoxy groups -OCH3 is 1. The zero-order valence-electron chi connectivity index (χ0n) is 13.5. The Morgan fingerprint density at radius 1 is 1.20 bits per heavy atom. The molecule has 1 rings (SSSR count). The maximum atomic E-state index is 5.97. The Morgan fingerprint density at radius 3 is 2.45 bits per heavy atom. The van der Waals surface area contributed by atoms with E-state index in [9.17, 15) is 0 Å². The van der Waals surface area contributed by atoms with E-state index in [4.69, 9.17) is 9.47 Å². The first-order valence-corrected chi connectivity index (χ1v) is 7.67. The van der Waals surface area contributed by atoms with Crippen LogP contribution in [0.4, 0.5) is 0 Å².